The molecule has 0 aromatic heterocycles. The summed E-state index contributed by atoms with van der Waals surface area (Å²) in [6.07, 6.45) is 0. The summed E-state index contributed by atoms with van der Waals surface area (Å²) >= 11 is 0. The van der Waals surface area contributed by atoms with Crippen molar-refractivity contribution in [2.75, 3.05) is 7.11 Å². The third-order valence-corrected chi connectivity index (χ3v) is 1.84. The smallest absolute Gasteiger partial charge is 0.123 e. The predicted octanol–water partition coefficient (Wildman–Crippen LogP) is 2.18. The number of aryl methyl sites for hydroxylation is 1. The second-order valence-corrected chi connectivity index (χ2v) is 2.75. The molecule has 0 spiro atoms. The summed E-state index contributed by atoms with van der Waals surface area (Å²) in [4.78, 5) is 0. The van der Waals surface area contributed by atoms with E-state index in [1.807, 2.05) is 26.0 Å². The Morgan fingerprint density at radius 2 is 2.00 bits per heavy atom. The van der Waals surface area contributed by atoms with Crippen LogP contribution in [0.15, 0.2) is 12.1 Å². The second-order valence-electron chi connectivity index (χ2n) is 2.75. The minimum absolute atomic E-state index is 0.687. The predicted molar refractivity (Wildman–Crippen MR) is 47.2 cm³/mol. The molecule has 0 radical (unpaired) electrons. The van der Waals surface area contributed by atoms with Crippen LogP contribution in [-0.2, 0) is 0 Å². The van der Waals surface area contributed by atoms with Crippen molar-refractivity contribution in [3.63, 3.8) is 0 Å². The molecule has 0 unspecified atom stereocenters. The van der Waals surface area contributed by atoms with Gasteiger partial charge in [-0.2, -0.15) is 5.26 Å². The highest BCUT2D eigenvalue weighted by atomic mass is 16.5. The van der Waals surface area contributed by atoms with Crippen molar-refractivity contribution in [2.24, 2.45) is 0 Å². The molecule has 12 heavy (non-hydrogen) atoms. The zero-order valence-corrected chi connectivity index (χ0v) is 7.51. The molecule has 0 saturated heterocycles. The van der Waals surface area contributed by atoms with Gasteiger partial charge in [0.05, 0.1) is 18.7 Å². The lowest BCUT2D eigenvalue weighted by molar-refractivity contribution is 0.411. The fourth-order valence-corrected chi connectivity index (χ4v) is 1.15. The van der Waals surface area contributed by atoms with E-state index in [4.69, 9.17) is 10.00 Å². The zero-order valence-electron chi connectivity index (χ0n) is 7.51. The van der Waals surface area contributed by atoms with Crippen molar-refractivity contribution in [3.05, 3.63) is 28.8 Å². The molecule has 1 aromatic carbocycles. The average molecular weight is 161 g/mol. The number of hydrogen-bond donors (Lipinski definition) is 0. The topological polar surface area (TPSA) is 33.0 Å². The molecule has 0 fully saturated rings. The van der Waals surface area contributed by atoms with E-state index in [1.54, 1.807) is 7.11 Å². The fraction of sp³-hybridized carbons (Fsp3) is 0.300. The van der Waals surface area contributed by atoms with Gasteiger partial charge in [-0.15, -0.1) is 0 Å². The lowest BCUT2D eigenvalue weighted by Gasteiger charge is -2.06. The van der Waals surface area contributed by atoms with Crippen molar-refractivity contribution < 1.29 is 4.74 Å². The molecule has 0 saturated carbocycles. The van der Waals surface area contributed by atoms with Crippen LogP contribution in [0.1, 0.15) is 16.7 Å². The van der Waals surface area contributed by atoms with Gasteiger partial charge in [-0.1, -0.05) is 0 Å². The molecule has 0 N–H and O–H groups in total. The Balaban J connectivity index is 3.34. The van der Waals surface area contributed by atoms with Crippen molar-refractivity contribution in [1.29, 1.82) is 5.26 Å². The molecule has 1 aromatic rings. The minimum Gasteiger partial charge on any atom is -0.496 e. The molecule has 2 heteroatoms. The van der Waals surface area contributed by atoms with E-state index in [2.05, 4.69) is 6.07 Å². The molecular weight excluding hydrogens is 150 g/mol. The second kappa shape index (κ2) is 3.27. The Hall–Kier alpha value is -1.49. The first-order valence-corrected chi connectivity index (χ1v) is 3.74. The van der Waals surface area contributed by atoms with Gasteiger partial charge in [0.2, 0.25) is 0 Å². The van der Waals surface area contributed by atoms with Crippen LogP contribution >= 0.6 is 0 Å². The van der Waals surface area contributed by atoms with Crippen LogP contribution < -0.4 is 4.74 Å². The summed E-state index contributed by atoms with van der Waals surface area (Å²) in [5, 5.41) is 8.76. The van der Waals surface area contributed by atoms with Crippen molar-refractivity contribution in [1.82, 2.24) is 0 Å². The number of rotatable bonds is 1. The SMILES string of the molecule is COc1cc(C)cc(C#N)c1C. The zero-order chi connectivity index (χ0) is 9.14. The Morgan fingerprint density at radius 1 is 1.33 bits per heavy atom. The Morgan fingerprint density at radius 3 is 2.50 bits per heavy atom. The van der Waals surface area contributed by atoms with Crippen LogP contribution in [0.4, 0.5) is 0 Å². The van der Waals surface area contributed by atoms with Crippen LogP contribution in [0.5, 0.6) is 5.75 Å². The first-order valence-electron chi connectivity index (χ1n) is 3.74. The summed E-state index contributed by atoms with van der Waals surface area (Å²) in [7, 11) is 1.61. The summed E-state index contributed by atoms with van der Waals surface area (Å²) in [5.41, 5.74) is 2.64. The molecule has 0 bridgehead atoms. The number of benzene rings is 1. The van der Waals surface area contributed by atoms with Crippen LogP contribution in [0.3, 0.4) is 0 Å². The van der Waals surface area contributed by atoms with Crippen molar-refractivity contribution in [3.8, 4) is 11.8 Å². The maximum Gasteiger partial charge on any atom is 0.123 e. The fourth-order valence-electron chi connectivity index (χ4n) is 1.15. The minimum atomic E-state index is 0.687. The van der Waals surface area contributed by atoms with Gasteiger partial charge < -0.3 is 4.74 Å². The quantitative estimate of drug-likeness (QED) is 0.632. The van der Waals surface area contributed by atoms with E-state index in [1.165, 1.54) is 0 Å². The average Bonchev–Trinajstić information content (AvgIpc) is 2.08. The lowest BCUT2D eigenvalue weighted by atomic mass is 10.1. The molecule has 62 valence electrons. The maximum atomic E-state index is 8.76. The third-order valence-electron chi connectivity index (χ3n) is 1.84. The Bertz CT molecular complexity index is 336. The Labute approximate surface area is 72.4 Å². The van der Waals surface area contributed by atoms with Crippen LogP contribution in [0, 0.1) is 25.2 Å². The van der Waals surface area contributed by atoms with E-state index in [0.717, 1.165) is 16.9 Å². The van der Waals surface area contributed by atoms with Gasteiger partial charge in [0.1, 0.15) is 5.75 Å². The lowest BCUT2D eigenvalue weighted by Crippen LogP contribution is -1.91. The third kappa shape index (κ3) is 1.40. The summed E-state index contributed by atoms with van der Waals surface area (Å²) in [6, 6.07) is 5.92. The van der Waals surface area contributed by atoms with E-state index < -0.39 is 0 Å². The van der Waals surface area contributed by atoms with E-state index in [-0.39, 0.29) is 0 Å². The standard InChI is InChI=1S/C10H11NO/c1-7-4-9(6-11)8(2)10(5-7)12-3/h4-5H,1-3H3. The molecule has 1 rings (SSSR count). The largest absolute Gasteiger partial charge is 0.496 e. The molecule has 0 heterocycles. The number of hydrogen-bond acceptors (Lipinski definition) is 2. The van der Waals surface area contributed by atoms with Crippen LogP contribution in [0.2, 0.25) is 0 Å². The van der Waals surface area contributed by atoms with Crippen molar-refractivity contribution in [2.45, 2.75) is 13.8 Å². The molecule has 0 atom stereocenters. The highest BCUT2D eigenvalue weighted by Crippen LogP contribution is 2.22. The van der Waals surface area contributed by atoms with Gasteiger partial charge in [-0.25, -0.2) is 0 Å². The van der Waals surface area contributed by atoms with Gasteiger partial charge in [0.25, 0.3) is 0 Å². The first kappa shape index (κ1) is 8.61. The van der Waals surface area contributed by atoms with Gasteiger partial charge in [-0.05, 0) is 31.5 Å². The van der Waals surface area contributed by atoms with Gasteiger partial charge in [0.15, 0.2) is 0 Å². The maximum absolute atomic E-state index is 8.76. The number of nitriles is 1. The summed E-state index contributed by atoms with van der Waals surface area (Å²) in [6.45, 7) is 3.83. The molecule has 0 aliphatic rings. The monoisotopic (exact) mass is 161 g/mol. The van der Waals surface area contributed by atoms with E-state index >= 15 is 0 Å². The first-order chi connectivity index (χ1) is 5.69. The number of methoxy groups -OCH3 is 1. The van der Waals surface area contributed by atoms with Crippen molar-refractivity contribution >= 4 is 0 Å². The molecular formula is C10H11NO. The van der Waals surface area contributed by atoms with E-state index in [9.17, 15) is 0 Å². The number of nitrogens with zero attached hydrogens (tertiary/aromatic N) is 1. The molecule has 2 nitrogen and oxygen atoms in total. The Kier molecular flexibility index (Phi) is 2.35. The molecule has 0 amide bonds. The highest BCUT2D eigenvalue weighted by Gasteiger charge is 2.04. The molecule has 0 aliphatic carbocycles. The van der Waals surface area contributed by atoms with Gasteiger partial charge in [-0.3, -0.25) is 0 Å². The van der Waals surface area contributed by atoms with Gasteiger partial charge in [0, 0.05) is 5.56 Å². The normalized spacial score (nSPS) is 9.17. The van der Waals surface area contributed by atoms with Crippen LogP contribution in [-0.4, -0.2) is 7.11 Å². The summed E-state index contributed by atoms with van der Waals surface area (Å²) < 4.78 is 5.12. The molecule has 0 aliphatic heterocycles. The van der Waals surface area contributed by atoms with Gasteiger partial charge >= 0.3 is 0 Å². The summed E-state index contributed by atoms with van der Waals surface area (Å²) in [5.74, 6) is 0.784. The van der Waals surface area contributed by atoms with E-state index in [0.29, 0.717) is 5.56 Å². The highest BCUT2D eigenvalue weighted by molar-refractivity contribution is 5.48. The van der Waals surface area contributed by atoms with Crippen LogP contribution in [0.25, 0.3) is 0 Å². The number of ether oxygens (including phenoxy) is 1.